The molecule has 0 radical (unpaired) electrons. The van der Waals surface area contributed by atoms with Gasteiger partial charge in [-0.25, -0.2) is 0 Å². The smallest absolute Gasteiger partial charge is 0.0641 e. The molecule has 0 unspecified atom stereocenters. The second kappa shape index (κ2) is 10.6. The summed E-state index contributed by atoms with van der Waals surface area (Å²) in [6, 6.07) is 66.1. The molecule has 2 aromatic heterocycles. The minimum Gasteiger partial charge on any atom is -0.309 e. The molecule has 2 heteroatoms. The van der Waals surface area contributed by atoms with Gasteiger partial charge in [-0.05, 0) is 75.5 Å². The third-order valence-corrected chi connectivity index (χ3v) is 9.91. The Labute approximate surface area is 278 Å². The Bertz CT molecular complexity index is 2800. The number of para-hydroxylation sites is 2. The van der Waals surface area contributed by atoms with Crippen molar-refractivity contribution in [2.75, 3.05) is 0 Å². The molecule has 224 valence electrons. The summed E-state index contributed by atoms with van der Waals surface area (Å²) in [5.41, 5.74) is 12.1. The predicted molar refractivity (Wildman–Crippen MR) is 203 cm³/mol. The van der Waals surface area contributed by atoms with Crippen LogP contribution in [-0.4, -0.2) is 9.13 Å². The quantitative estimate of drug-likeness (QED) is 0.188. The predicted octanol–water partition coefficient (Wildman–Crippen LogP) is 12.4. The molecule has 0 aliphatic carbocycles. The van der Waals surface area contributed by atoms with Crippen molar-refractivity contribution in [3.05, 3.63) is 182 Å². The van der Waals surface area contributed by atoms with Gasteiger partial charge >= 0.3 is 0 Å². The molecular formula is C46H30N2. The van der Waals surface area contributed by atoms with Crippen LogP contribution in [0.15, 0.2) is 182 Å². The molecule has 0 saturated heterocycles. The maximum Gasteiger partial charge on any atom is 0.0641 e. The van der Waals surface area contributed by atoms with Crippen molar-refractivity contribution in [2.24, 2.45) is 0 Å². The fraction of sp³-hybridized carbons (Fsp3) is 0. The molecule has 48 heavy (non-hydrogen) atoms. The van der Waals surface area contributed by atoms with Crippen LogP contribution in [0.25, 0.3) is 88.0 Å². The molecule has 0 saturated carbocycles. The van der Waals surface area contributed by atoms with Crippen LogP contribution in [0.5, 0.6) is 0 Å². The average molecular weight is 611 g/mol. The van der Waals surface area contributed by atoms with Crippen LogP contribution in [0.3, 0.4) is 0 Å². The first-order valence-electron chi connectivity index (χ1n) is 16.5. The summed E-state index contributed by atoms with van der Waals surface area (Å²) in [6.45, 7) is 0. The molecule has 10 rings (SSSR count). The van der Waals surface area contributed by atoms with E-state index in [1.165, 1.54) is 76.6 Å². The lowest BCUT2D eigenvalue weighted by Gasteiger charge is -2.12. The fourth-order valence-corrected chi connectivity index (χ4v) is 7.77. The summed E-state index contributed by atoms with van der Waals surface area (Å²) in [5.74, 6) is 0. The Morgan fingerprint density at radius 3 is 1.69 bits per heavy atom. The van der Waals surface area contributed by atoms with Gasteiger partial charge < -0.3 is 9.13 Å². The van der Waals surface area contributed by atoms with Gasteiger partial charge in [0.25, 0.3) is 0 Å². The lowest BCUT2D eigenvalue weighted by Crippen LogP contribution is -1.96. The van der Waals surface area contributed by atoms with Crippen LogP contribution < -0.4 is 0 Å². The highest BCUT2D eigenvalue weighted by atomic mass is 15.0. The van der Waals surface area contributed by atoms with E-state index in [1.807, 2.05) is 0 Å². The summed E-state index contributed by atoms with van der Waals surface area (Å²) < 4.78 is 4.91. The van der Waals surface area contributed by atoms with Crippen molar-refractivity contribution < 1.29 is 0 Å². The number of nitrogens with zero attached hydrogens (tertiary/aromatic N) is 2. The SMILES string of the molecule is c1ccc(-c2ccc(-n3c4ccccc4c4ccc5c(c6ccccc6n5-c5ccc6c(-c7ccccc7)cccc6c5)c43)cc2)cc1. The van der Waals surface area contributed by atoms with Gasteiger partial charge in [-0.15, -0.1) is 0 Å². The van der Waals surface area contributed by atoms with Crippen molar-refractivity contribution in [1.82, 2.24) is 9.13 Å². The van der Waals surface area contributed by atoms with Crippen LogP contribution in [0.2, 0.25) is 0 Å². The highest BCUT2D eigenvalue weighted by Crippen LogP contribution is 2.42. The van der Waals surface area contributed by atoms with Crippen molar-refractivity contribution in [3.63, 3.8) is 0 Å². The molecule has 0 N–H and O–H groups in total. The molecule has 0 aliphatic rings. The molecule has 8 aromatic carbocycles. The Morgan fingerprint density at radius 2 is 0.917 bits per heavy atom. The molecule has 0 amide bonds. The Morgan fingerprint density at radius 1 is 0.312 bits per heavy atom. The van der Waals surface area contributed by atoms with Gasteiger partial charge in [0, 0.05) is 32.9 Å². The second-order valence-corrected chi connectivity index (χ2v) is 12.6. The van der Waals surface area contributed by atoms with Crippen LogP contribution >= 0.6 is 0 Å². The summed E-state index contributed by atoms with van der Waals surface area (Å²) in [4.78, 5) is 0. The zero-order chi connectivity index (χ0) is 31.6. The van der Waals surface area contributed by atoms with Gasteiger partial charge in [0.2, 0.25) is 0 Å². The molecule has 10 aromatic rings. The molecule has 2 heterocycles. The monoisotopic (exact) mass is 610 g/mol. The van der Waals surface area contributed by atoms with E-state index in [9.17, 15) is 0 Å². The van der Waals surface area contributed by atoms with Crippen molar-refractivity contribution in [2.45, 2.75) is 0 Å². The lowest BCUT2D eigenvalue weighted by atomic mass is 9.98. The number of hydrogen-bond donors (Lipinski definition) is 0. The Kier molecular flexibility index (Phi) is 5.91. The number of benzene rings is 8. The third kappa shape index (κ3) is 4.00. The van der Waals surface area contributed by atoms with Gasteiger partial charge in [0.05, 0.1) is 22.1 Å². The minimum atomic E-state index is 1.16. The van der Waals surface area contributed by atoms with Gasteiger partial charge in [-0.1, -0.05) is 140 Å². The van der Waals surface area contributed by atoms with Crippen LogP contribution in [0, 0.1) is 0 Å². The number of fused-ring (bicyclic) bond motifs is 8. The maximum absolute atomic E-state index is 2.46. The first-order valence-corrected chi connectivity index (χ1v) is 16.5. The van der Waals surface area contributed by atoms with E-state index in [4.69, 9.17) is 0 Å². The number of rotatable bonds is 4. The van der Waals surface area contributed by atoms with E-state index >= 15 is 0 Å². The van der Waals surface area contributed by atoms with E-state index in [0.717, 1.165) is 11.4 Å². The molecule has 2 nitrogen and oxygen atoms in total. The van der Waals surface area contributed by atoms with Crippen molar-refractivity contribution >= 4 is 54.4 Å². The zero-order valence-electron chi connectivity index (χ0n) is 26.2. The van der Waals surface area contributed by atoms with Gasteiger partial charge in [-0.2, -0.15) is 0 Å². The van der Waals surface area contributed by atoms with E-state index in [-0.39, 0.29) is 0 Å². The lowest BCUT2D eigenvalue weighted by molar-refractivity contribution is 1.18. The average Bonchev–Trinajstić information content (AvgIpc) is 3.68. The van der Waals surface area contributed by atoms with Gasteiger partial charge in [0.1, 0.15) is 0 Å². The molecular weight excluding hydrogens is 581 g/mol. The Balaban J connectivity index is 1.25. The second-order valence-electron chi connectivity index (χ2n) is 12.6. The number of hydrogen-bond acceptors (Lipinski definition) is 0. The van der Waals surface area contributed by atoms with Crippen molar-refractivity contribution in [3.8, 4) is 33.6 Å². The standard InChI is InChI=1S/C46H30N2/c1-3-12-31(13-4-1)32-22-24-35(25-23-32)48-42-20-9-7-17-39(42)40-28-29-44-45(46(40)48)41-18-8-10-21-43(41)47(44)36-26-27-38-34(30-36)16-11-19-37(38)33-14-5-2-6-15-33/h1-30H. The van der Waals surface area contributed by atoms with Gasteiger partial charge in [-0.3, -0.25) is 0 Å². The molecule has 0 atom stereocenters. The highest BCUT2D eigenvalue weighted by Gasteiger charge is 2.21. The van der Waals surface area contributed by atoms with Crippen LogP contribution in [0.4, 0.5) is 0 Å². The molecule has 0 bridgehead atoms. The van der Waals surface area contributed by atoms with E-state index in [2.05, 4.69) is 191 Å². The third-order valence-electron chi connectivity index (χ3n) is 9.91. The minimum absolute atomic E-state index is 1.16. The number of aromatic nitrogens is 2. The molecule has 0 aliphatic heterocycles. The first-order chi connectivity index (χ1) is 23.8. The summed E-state index contributed by atoms with van der Waals surface area (Å²) >= 11 is 0. The van der Waals surface area contributed by atoms with Crippen molar-refractivity contribution in [1.29, 1.82) is 0 Å². The van der Waals surface area contributed by atoms with E-state index < -0.39 is 0 Å². The normalized spacial score (nSPS) is 11.8. The maximum atomic E-state index is 2.46. The topological polar surface area (TPSA) is 9.86 Å². The van der Waals surface area contributed by atoms with Gasteiger partial charge in [0.15, 0.2) is 0 Å². The van der Waals surface area contributed by atoms with Crippen LogP contribution in [0.1, 0.15) is 0 Å². The zero-order valence-corrected chi connectivity index (χ0v) is 26.2. The first kappa shape index (κ1) is 26.8. The largest absolute Gasteiger partial charge is 0.309 e. The van der Waals surface area contributed by atoms with E-state index in [0.29, 0.717) is 0 Å². The molecule has 0 fully saturated rings. The Hall–Kier alpha value is -6.38. The highest BCUT2D eigenvalue weighted by molar-refractivity contribution is 6.26. The molecule has 0 spiro atoms. The van der Waals surface area contributed by atoms with Crippen LogP contribution in [-0.2, 0) is 0 Å². The fourth-order valence-electron chi connectivity index (χ4n) is 7.77. The summed E-state index contributed by atoms with van der Waals surface area (Å²) in [5, 5.41) is 7.53. The summed E-state index contributed by atoms with van der Waals surface area (Å²) in [6.07, 6.45) is 0. The summed E-state index contributed by atoms with van der Waals surface area (Å²) in [7, 11) is 0. The van der Waals surface area contributed by atoms with E-state index in [1.54, 1.807) is 0 Å².